The molecule has 2 rings (SSSR count). The molecule has 1 atom stereocenters. The van der Waals surface area contributed by atoms with Crippen molar-refractivity contribution >= 4 is 33.2 Å². The van der Waals surface area contributed by atoms with Crippen molar-refractivity contribution in [1.82, 2.24) is 5.32 Å². The molecule has 0 spiro atoms. The van der Waals surface area contributed by atoms with Crippen molar-refractivity contribution in [1.29, 1.82) is 0 Å². The van der Waals surface area contributed by atoms with Gasteiger partial charge in [-0.25, -0.2) is 13.2 Å². The first-order valence-corrected chi connectivity index (χ1v) is 8.10. The zero-order valence-corrected chi connectivity index (χ0v) is 12.0. The van der Waals surface area contributed by atoms with E-state index in [1.807, 2.05) is 0 Å². The smallest absolute Gasteiger partial charge is 0.319 e. The Kier molecular flexibility index (Phi) is 4.01. The minimum Gasteiger partial charge on any atom is -0.334 e. The maximum atomic E-state index is 11.8. The van der Waals surface area contributed by atoms with E-state index in [9.17, 15) is 13.2 Å². The van der Waals surface area contributed by atoms with E-state index >= 15 is 0 Å². The van der Waals surface area contributed by atoms with Gasteiger partial charge in [0, 0.05) is 16.8 Å². The van der Waals surface area contributed by atoms with E-state index in [1.165, 1.54) is 0 Å². The lowest BCUT2D eigenvalue weighted by molar-refractivity contribution is 0.249. The second-order valence-electron chi connectivity index (χ2n) is 4.61. The van der Waals surface area contributed by atoms with Gasteiger partial charge in [0.05, 0.1) is 11.5 Å². The summed E-state index contributed by atoms with van der Waals surface area (Å²) >= 11 is 5.95. The quantitative estimate of drug-likeness (QED) is 0.877. The number of hydrogen-bond donors (Lipinski definition) is 2. The topological polar surface area (TPSA) is 75.3 Å². The van der Waals surface area contributed by atoms with Gasteiger partial charge in [-0.2, -0.15) is 0 Å². The van der Waals surface area contributed by atoms with E-state index < -0.39 is 15.9 Å². The van der Waals surface area contributed by atoms with Gasteiger partial charge >= 0.3 is 6.03 Å². The Balaban J connectivity index is 1.97. The Labute approximate surface area is 117 Å². The molecule has 104 valence electrons. The van der Waals surface area contributed by atoms with Gasteiger partial charge in [0.2, 0.25) is 0 Å². The van der Waals surface area contributed by atoms with E-state index in [4.69, 9.17) is 11.6 Å². The molecule has 1 unspecified atom stereocenters. The predicted octanol–water partition coefficient (Wildman–Crippen LogP) is 1.96. The fourth-order valence-electron chi connectivity index (χ4n) is 2.00. The van der Waals surface area contributed by atoms with Gasteiger partial charge in [0.1, 0.15) is 0 Å². The minimum atomic E-state index is -2.99. The van der Waals surface area contributed by atoms with Crippen LogP contribution in [0.5, 0.6) is 0 Å². The highest BCUT2D eigenvalue weighted by Gasteiger charge is 2.28. The van der Waals surface area contributed by atoms with Gasteiger partial charge in [0.25, 0.3) is 0 Å². The van der Waals surface area contributed by atoms with Gasteiger partial charge in [-0.3, -0.25) is 0 Å². The standard InChI is InChI=1S/C12H15ClN2O3S/c1-8-10(13)3-2-4-11(8)15-12(16)14-9-5-6-19(17,18)7-9/h2-4,9H,5-7H2,1H3,(H2,14,15,16). The fraction of sp³-hybridized carbons (Fsp3) is 0.417. The Morgan fingerprint density at radius 3 is 2.79 bits per heavy atom. The molecule has 1 heterocycles. The summed E-state index contributed by atoms with van der Waals surface area (Å²) in [5, 5.41) is 5.90. The van der Waals surface area contributed by atoms with Crippen molar-refractivity contribution in [3.8, 4) is 0 Å². The number of halogens is 1. The third-order valence-corrected chi connectivity index (χ3v) is 5.26. The van der Waals surface area contributed by atoms with Crippen LogP contribution >= 0.6 is 11.6 Å². The average Bonchev–Trinajstić information content (AvgIpc) is 2.64. The second kappa shape index (κ2) is 5.38. The monoisotopic (exact) mass is 302 g/mol. The molecule has 1 aliphatic rings. The Morgan fingerprint density at radius 2 is 2.16 bits per heavy atom. The summed E-state index contributed by atoms with van der Waals surface area (Å²) in [6.45, 7) is 1.80. The van der Waals surface area contributed by atoms with Crippen LogP contribution in [-0.2, 0) is 9.84 Å². The summed E-state index contributed by atoms with van der Waals surface area (Å²) < 4.78 is 22.6. The zero-order valence-electron chi connectivity index (χ0n) is 10.4. The molecule has 1 saturated heterocycles. The summed E-state index contributed by atoms with van der Waals surface area (Å²) in [7, 11) is -2.99. The molecule has 2 amide bonds. The number of hydrogen-bond acceptors (Lipinski definition) is 3. The van der Waals surface area contributed by atoms with Gasteiger partial charge in [-0.1, -0.05) is 17.7 Å². The molecule has 2 N–H and O–H groups in total. The molecule has 0 radical (unpaired) electrons. The van der Waals surface area contributed by atoms with Crippen LogP contribution in [0, 0.1) is 6.92 Å². The molecule has 1 aromatic rings. The molecule has 0 aliphatic carbocycles. The number of anilines is 1. The summed E-state index contributed by atoms with van der Waals surface area (Å²) in [5.41, 5.74) is 1.39. The van der Waals surface area contributed by atoms with Crippen LogP contribution in [-0.4, -0.2) is 32.0 Å². The first-order chi connectivity index (χ1) is 8.87. The first kappa shape index (κ1) is 14.1. The predicted molar refractivity (Wildman–Crippen MR) is 75.4 cm³/mol. The van der Waals surface area contributed by atoms with Crippen molar-refractivity contribution < 1.29 is 13.2 Å². The van der Waals surface area contributed by atoms with E-state index in [0.29, 0.717) is 17.1 Å². The second-order valence-corrected chi connectivity index (χ2v) is 7.25. The van der Waals surface area contributed by atoms with Crippen LogP contribution in [0.2, 0.25) is 5.02 Å². The third-order valence-electron chi connectivity index (χ3n) is 3.08. The lowest BCUT2D eigenvalue weighted by atomic mass is 10.2. The number of rotatable bonds is 2. The van der Waals surface area contributed by atoms with Gasteiger partial charge in [-0.15, -0.1) is 0 Å². The summed E-state index contributed by atoms with van der Waals surface area (Å²) in [4.78, 5) is 11.8. The van der Waals surface area contributed by atoms with Crippen LogP contribution in [0.3, 0.4) is 0 Å². The molecular formula is C12H15ClN2O3S. The summed E-state index contributed by atoms with van der Waals surface area (Å²) in [5.74, 6) is 0.142. The van der Waals surface area contributed by atoms with Crippen LogP contribution in [0.4, 0.5) is 10.5 Å². The van der Waals surface area contributed by atoms with Crippen molar-refractivity contribution in [2.45, 2.75) is 19.4 Å². The van der Waals surface area contributed by atoms with E-state index in [1.54, 1.807) is 25.1 Å². The normalized spacial score (nSPS) is 21.1. The summed E-state index contributed by atoms with van der Waals surface area (Å²) in [6.07, 6.45) is 0.463. The SMILES string of the molecule is Cc1c(Cl)cccc1NC(=O)NC1CCS(=O)(=O)C1. The Hall–Kier alpha value is -1.27. The number of nitrogens with one attached hydrogen (secondary N) is 2. The number of amides is 2. The van der Waals surface area contributed by atoms with Crippen molar-refractivity contribution in [2.75, 3.05) is 16.8 Å². The number of carbonyl (C=O) groups excluding carboxylic acids is 1. The highest BCUT2D eigenvalue weighted by molar-refractivity contribution is 7.91. The lowest BCUT2D eigenvalue weighted by Crippen LogP contribution is -2.38. The minimum absolute atomic E-state index is 0.00888. The largest absolute Gasteiger partial charge is 0.334 e. The molecule has 0 aromatic heterocycles. The zero-order chi connectivity index (χ0) is 14.0. The number of carbonyl (C=O) groups is 1. The van der Waals surface area contributed by atoms with Gasteiger partial charge < -0.3 is 10.6 Å². The molecular weight excluding hydrogens is 288 g/mol. The molecule has 5 nitrogen and oxygen atoms in total. The third kappa shape index (κ3) is 3.61. The Morgan fingerprint density at radius 1 is 1.42 bits per heavy atom. The van der Waals surface area contributed by atoms with E-state index in [2.05, 4.69) is 10.6 Å². The molecule has 1 aromatic carbocycles. The molecule has 7 heteroatoms. The van der Waals surface area contributed by atoms with E-state index in [-0.39, 0.29) is 17.5 Å². The molecule has 1 fully saturated rings. The lowest BCUT2D eigenvalue weighted by Gasteiger charge is -2.13. The van der Waals surface area contributed by atoms with Crippen LogP contribution in [0.15, 0.2) is 18.2 Å². The average molecular weight is 303 g/mol. The molecule has 19 heavy (non-hydrogen) atoms. The maximum Gasteiger partial charge on any atom is 0.319 e. The molecule has 1 aliphatic heterocycles. The van der Waals surface area contributed by atoms with Crippen molar-refractivity contribution in [3.63, 3.8) is 0 Å². The highest BCUT2D eigenvalue weighted by atomic mass is 35.5. The highest BCUT2D eigenvalue weighted by Crippen LogP contribution is 2.22. The Bertz CT molecular complexity index is 601. The first-order valence-electron chi connectivity index (χ1n) is 5.90. The van der Waals surface area contributed by atoms with Crippen molar-refractivity contribution in [2.24, 2.45) is 0 Å². The molecule has 0 bridgehead atoms. The molecule has 0 saturated carbocycles. The number of sulfone groups is 1. The van der Waals surface area contributed by atoms with E-state index in [0.717, 1.165) is 5.56 Å². The van der Waals surface area contributed by atoms with Crippen LogP contribution in [0.25, 0.3) is 0 Å². The summed E-state index contributed by atoms with van der Waals surface area (Å²) in [6, 6.07) is 4.50. The number of urea groups is 1. The van der Waals surface area contributed by atoms with Crippen LogP contribution < -0.4 is 10.6 Å². The number of benzene rings is 1. The maximum absolute atomic E-state index is 11.8. The van der Waals surface area contributed by atoms with Gasteiger partial charge in [-0.05, 0) is 31.0 Å². The van der Waals surface area contributed by atoms with Crippen LogP contribution in [0.1, 0.15) is 12.0 Å². The van der Waals surface area contributed by atoms with Gasteiger partial charge in [0.15, 0.2) is 9.84 Å². The van der Waals surface area contributed by atoms with Crippen molar-refractivity contribution in [3.05, 3.63) is 28.8 Å². The fourth-order valence-corrected chi connectivity index (χ4v) is 3.84.